The van der Waals surface area contributed by atoms with Gasteiger partial charge in [0.25, 0.3) is 0 Å². The second-order valence-electron chi connectivity index (χ2n) is 7.97. The van der Waals surface area contributed by atoms with Gasteiger partial charge in [-0.15, -0.1) is 0 Å². The summed E-state index contributed by atoms with van der Waals surface area (Å²) in [5, 5.41) is 0. The van der Waals surface area contributed by atoms with E-state index in [4.69, 9.17) is 0 Å². The zero-order valence-corrected chi connectivity index (χ0v) is 16.3. The number of hydrogen-bond acceptors (Lipinski definition) is 4. The molecule has 1 aliphatic carbocycles. The van der Waals surface area contributed by atoms with Crippen molar-refractivity contribution in [3.63, 3.8) is 0 Å². The number of fused-ring (bicyclic) bond motifs is 1. The van der Waals surface area contributed by atoms with Crippen molar-refractivity contribution in [3.8, 4) is 0 Å². The summed E-state index contributed by atoms with van der Waals surface area (Å²) in [6, 6.07) is 9.58. The number of piperazine rings is 1. The molecular weight excluding hydrogens is 354 g/mol. The molecule has 1 aromatic carbocycles. The van der Waals surface area contributed by atoms with Gasteiger partial charge in [0.15, 0.2) is 0 Å². The predicted octanol–water partition coefficient (Wildman–Crippen LogP) is 1.67. The Kier molecular flexibility index (Phi) is 5.31. The van der Waals surface area contributed by atoms with Gasteiger partial charge < -0.3 is 4.90 Å². The lowest BCUT2D eigenvalue weighted by Crippen LogP contribution is -2.55. The van der Waals surface area contributed by atoms with E-state index in [0.29, 0.717) is 25.9 Å². The topological polar surface area (TPSA) is 60.9 Å². The highest BCUT2D eigenvalue weighted by atomic mass is 16.2. The Balaban J connectivity index is 1.35. The molecule has 148 valence electrons. The molecule has 0 radical (unpaired) electrons. The number of likely N-dealkylation sites (tertiary alicyclic amines) is 1. The van der Waals surface area contributed by atoms with Crippen LogP contribution >= 0.6 is 0 Å². The van der Waals surface area contributed by atoms with Gasteiger partial charge in [0.2, 0.25) is 17.7 Å². The predicted molar refractivity (Wildman–Crippen MR) is 105 cm³/mol. The third-order valence-electron chi connectivity index (χ3n) is 6.22. The molecule has 28 heavy (non-hydrogen) atoms. The van der Waals surface area contributed by atoms with Gasteiger partial charge >= 0.3 is 0 Å². The molecule has 0 bridgehead atoms. The highest BCUT2D eigenvalue weighted by Crippen LogP contribution is 2.36. The quantitative estimate of drug-likeness (QED) is 0.588. The largest absolute Gasteiger partial charge is 0.338 e. The lowest BCUT2D eigenvalue weighted by molar-refractivity contribution is -0.151. The minimum atomic E-state index is -0.716. The van der Waals surface area contributed by atoms with Crippen molar-refractivity contribution in [2.45, 2.75) is 32.4 Å². The minimum absolute atomic E-state index is 0.118. The molecule has 3 atom stereocenters. The van der Waals surface area contributed by atoms with Gasteiger partial charge in [-0.2, -0.15) is 0 Å². The Morgan fingerprint density at radius 2 is 1.54 bits per heavy atom. The molecule has 6 heteroatoms. The van der Waals surface area contributed by atoms with Gasteiger partial charge in [0.05, 0.1) is 11.8 Å². The van der Waals surface area contributed by atoms with E-state index in [0.717, 1.165) is 19.6 Å². The van der Waals surface area contributed by atoms with Crippen LogP contribution in [0.4, 0.5) is 0 Å². The van der Waals surface area contributed by atoms with Crippen LogP contribution in [0.1, 0.15) is 25.3 Å². The first kappa shape index (κ1) is 18.9. The average molecular weight is 381 g/mol. The molecule has 4 rings (SSSR count). The van der Waals surface area contributed by atoms with E-state index in [1.54, 1.807) is 11.8 Å². The van der Waals surface area contributed by atoms with Gasteiger partial charge in [-0.25, -0.2) is 0 Å². The van der Waals surface area contributed by atoms with E-state index in [2.05, 4.69) is 17.0 Å². The molecule has 2 saturated heterocycles. The van der Waals surface area contributed by atoms with Crippen LogP contribution in [0, 0.1) is 11.8 Å². The van der Waals surface area contributed by atoms with Gasteiger partial charge in [-0.3, -0.25) is 24.2 Å². The van der Waals surface area contributed by atoms with E-state index in [1.165, 1.54) is 10.5 Å². The van der Waals surface area contributed by atoms with Crippen LogP contribution in [0.3, 0.4) is 0 Å². The third kappa shape index (κ3) is 3.49. The van der Waals surface area contributed by atoms with Crippen LogP contribution in [0.2, 0.25) is 0 Å². The van der Waals surface area contributed by atoms with Crippen LogP contribution in [-0.4, -0.2) is 64.6 Å². The molecule has 1 aromatic rings. The Morgan fingerprint density at radius 3 is 2.11 bits per heavy atom. The number of amides is 3. The molecule has 0 N–H and O–H groups in total. The van der Waals surface area contributed by atoms with Crippen molar-refractivity contribution in [1.82, 2.24) is 14.7 Å². The summed E-state index contributed by atoms with van der Waals surface area (Å²) in [5.74, 6) is -1.04. The number of benzene rings is 1. The first-order valence-corrected chi connectivity index (χ1v) is 10.1. The molecular formula is C22H27N3O3. The zero-order valence-electron chi connectivity index (χ0n) is 16.3. The molecule has 0 unspecified atom stereocenters. The van der Waals surface area contributed by atoms with Crippen molar-refractivity contribution in [3.05, 3.63) is 48.0 Å². The van der Waals surface area contributed by atoms with Crippen LogP contribution in [0.25, 0.3) is 0 Å². The van der Waals surface area contributed by atoms with Gasteiger partial charge in [0.1, 0.15) is 6.04 Å². The smallest absolute Gasteiger partial charge is 0.245 e. The number of rotatable bonds is 4. The Hall–Kier alpha value is -2.47. The summed E-state index contributed by atoms with van der Waals surface area (Å²) in [6.45, 7) is 5.41. The molecule has 2 aliphatic heterocycles. The maximum atomic E-state index is 13.0. The van der Waals surface area contributed by atoms with Crippen LogP contribution in [-0.2, 0) is 20.9 Å². The van der Waals surface area contributed by atoms with Crippen molar-refractivity contribution in [2.75, 3.05) is 26.2 Å². The number of allylic oxidation sites excluding steroid dienone is 2. The summed E-state index contributed by atoms with van der Waals surface area (Å²) in [5.41, 5.74) is 1.26. The molecule has 2 heterocycles. The monoisotopic (exact) mass is 381 g/mol. The van der Waals surface area contributed by atoms with E-state index in [1.807, 2.05) is 30.4 Å². The first-order valence-electron chi connectivity index (χ1n) is 10.1. The fourth-order valence-corrected chi connectivity index (χ4v) is 4.55. The number of carbonyl (C=O) groups excluding carboxylic acids is 3. The zero-order chi connectivity index (χ0) is 19.7. The Morgan fingerprint density at radius 1 is 0.964 bits per heavy atom. The summed E-state index contributed by atoms with van der Waals surface area (Å²) >= 11 is 0. The maximum Gasteiger partial charge on any atom is 0.245 e. The van der Waals surface area contributed by atoms with Crippen molar-refractivity contribution in [2.24, 2.45) is 11.8 Å². The van der Waals surface area contributed by atoms with E-state index >= 15 is 0 Å². The van der Waals surface area contributed by atoms with Crippen LogP contribution in [0.5, 0.6) is 0 Å². The second-order valence-corrected chi connectivity index (χ2v) is 7.97. The van der Waals surface area contributed by atoms with Gasteiger partial charge in [0, 0.05) is 32.7 Å². The molecule has 6 nitrogen and oxygen atoms in total. The highest BCUT2D eigenvalue weighted by Gasteiger charge is 2.50. The third-order valence-corrected chi connectivity index (χ3v) is 6.22. The molecule has 0 aromatic heterocycles. The minimum Gasteiger partial charge on any atom is -0.338 e. The highest BCUT2D eigenvalue weighted by molar-refractivity contribution is 6.08. The van der Waals surface area contributed by atoms with Gasteiger partial charge in [-0.05, 0) is 25.3 Å². The van der Waals surface area contributed by atoms with E-state index in [-0.39, 0.29) is 29.6 Å². The summed E-state index contributed by atoms with van der Waals surface area (Å²) in [6.07, 6.45) is 5.14. The lowest BCUT2D eigenvalue weighted by Gasteiger charge is -2.37. The first-order chi connectivity index (χ1) is 13.6. The standard InChI is InChI=1S/C22H27N3O3/c1-16(25-21(27)18-9-5-6-10-19(18)22(25)28)20(26)24-13-11-23(12-14-24)15-17-7-3-2-4-8-17/h2-8,16,18-19H,9-15H2,1H3/t16-,18-,19-/m1/s1. The van der Waals surface area contributed by atoms with Crippen molar-refractivity contribution in [1.29, 1.82) is 0 Å². The number of nitrogens with zero attached hydrogens (tertiary/aromatic N) is 3. The Labute approximate surface area is 165 Å². The molecule has 3 aliphatic rings. The lowest BCUT2D eigenvalue weighted by atomic mass is 9.85. The van der Waals surface area contributed by atoms with Crippen LogP contribution in [0.15, 0.2) is 42.5 Å². The number of imide groups is 1. The number of carbonyl (C=O) groups is 3. The molecule has 2 fully saturated rings. The van der Waals surface area contributed by atoms with E-state index < -0.39 is 6.04 Å². The number of hydrogen-bond donors (Lipinski definition) is 0. The normalized spacial score (nSPS) is 26.5. The van der Waals surface area contributed by atoms with Gasteiger partial charge in [-0.1, -0.05) is 42.5 Å². The molecule has 0 saturated carbocycles. The van der Waals surface area contributed by atoms with Crippen molar-refractivity contribution >= 4 is 17.7 Å². The fraction of sp³-hybridized carbons (Fsp3) is 0.500. The van der Waals surface area contributed by atoms with Crippen LogP contribution < -0.4 is 0 Å². The SMILES string of the molecule is C[C@H](C(=O)N1CCN(Cc2ccccc2)CC1)N1C(=O)[C@@H]2CC=CC[C@H]2C1=O. The van der Waals surface area contributed by atoms with E-state index in [9.17, 15) is 14.4 Å². The Bertz CT molecular complexity index is 757. The molecule has 0 spiro atoms. The summed E-state index contributed by atoms with van der Waals surface area (Å²) in [4.78, 5) is 43.8. The maximum absolute atomic E-state index is 13.0. The summed E-state index contributed by atoms with van der Waals surface area (Å²) < 4.78 is 0. The van der Waals surface area contributed by atoms with Crippen molar-refractivity contribution < 1.29 is 14.4 Å². The fourth-order valence-electron chi connectivity index (χ4n) is 4.55. The summed E-state index contributed by atoms with van der Waals surface area (Å²) in [7, 11) is 0. The second kappa shape index (κ2) is 7.87. The average Bonchev–Trinajstić information content (AvgIpc) is 2.99. The molecule has 3 amide bonds.